The van der Waals surface area contributed by atoms with Crippen molar-refractivity contribution in [2.45, 2.75) is 13.5 Å². The standard InChI is InChI=1S/C18H17ClN4O/c1-12-2-7-16(21)17(8-12)22-11-14(9-20)18(24)23-10-13-3-5-15(19)6-4-13/h2-8,11,22H,10,21H2,1H3,(H,23,24)/b14-11-. The third-order valence-corrected chi connectivity index (χ3v) is 3.56. The lowest BCUT2D eigenvalue weighted by Gasteiger charge is -2.08. The first kappa shape index (κ1) is 17.4. The molecule has 0 unspecified atom stereocenters. The van der Waals surface area contributed by atoms with Crippen LogP contribution in [0, 0.1) is 18.3 Å². The maximum absolute atomic E-state index is 12.1. The van der Waals surface area contributed by atoms with E-state index in [9.17, 15) is 4.79 Å². The van der Waals surface area contributed by atoms with Crippen molar-refractivity contribution in [2.24, 2.45) is 0 Å². The maximum Gasteiger partial charge on any atom is 0.263 e. The molecule has 1 amide bonds. The van der Waals surface area contributed by atoms with Crippen LogP contribution in [-0.2, 0) is 11.3 Å². The van der Waals surface area contributed by atoms with Gasteiger partial charge in [0.15, 0.2) is 0 Å². The number of nitrogens with zero attached hydrogens (tertiary/aromatic N) is 1. The molecular formula is C18H17ClN4O. The minimum absolute atomic E-state index is 0.0372. The van der Waals surface area contributed by atoms with Gasteiger partial charge in [-0.2, -0.15) is 5.26 Å². The third kappa shape index (κ3) is 4.77. The van der Waals surface area contributed by atoms with Crippen molar-refractivity contribution in [3.8, 4) is 6.07 Å². The second-order valence-electron chi connectivity index (χ2n) is 5.21. The normalized spacial score (nSPS) is 10.8. The number of halogens is 1. The van der Waals surface area contributed by atoms with Crippen LogP contribution in [0.1, 0.15) is 11.1 Å². The van der Waals surface area contributed by atoms with Crippen molar-refractivity contribution in [3.05, 3.63) is 70.4 Å². The van der Waals surface area contributed by atoms with Gasteiger partial charge in [-0.25, -0.2) is 0 Å². The number of nitrogens with one attached hydrogen (secondary N) is 2. The first-order valence-corrected chi connectivity index (χ1v) is 7.63. The van der Waals surface area contributed by atoms with Gasteiger partial charge >= 0.3 is 0 Å². The Balaban J connectivity index is 2.01. The van der Waals surface area contributed by atoms with Crippen molar-refractivity contribution >= 4 is 28.9 Å². The van der Waals surface area contributed by atoms with Crippen LogP contribution >= 0.6 is 11.6 Å². The minimum atomic E-state index is -0.467. The summed E-state index contributed by atoms with van der Waals surface area (Å²) in [5.41, 5.74) is 8.91. The largest absolute Gasteiger partial charge is 0.397 e. The van der Waals surface area contributed by atoms with Crippen LogP contribution in [0.5, 0.6) is 0 Å². The van der Waals surface area contributed by atoms with E-state index >= 15 is 0 Å². The minimum Gasteiger partial charge on any atom is -0.397 e. The van der Waals surface area contributed by atoms with E-state index in [2.05, 4.69) is 10.6 Å². The van der Waals surface area contributed by atoms with Crippen LogP contribution in [0.25, 0.3) is 0 Å². The number of hydrogen-bond acceptors (Lipinski definition) is 4. The fourth-order valence-corrected chi connectivity index (χ4v) is 2.10. The van der Waals surface area contributed by atoms with Crippen molar-refractivity contribution in [3.63, 3.8) is 0 Å². The predicted octanol–water partition coefficient (Wildman–Crippen LogP) is 3.37. The number of aryl methyl sites for hydroxylation is 1. The van der Waals surface area contributed by atoms with Gasteiger partial charge in [0.2, 0.25) is 0 Å². The molecule has 0 aromatic heterocycles. The topological polar surface area (TPSA) is 90.9 Å². The molecule has 0 spiro atoms. The molecule has 0 saturated heterocycles. The van der Waals surface area contributed by atoms with E-state index in [1.165, 1.54) is 6.20 Å². The quantitative estimate of drug-likeness (QED) is 0.442. The zero-order chi connectivity index (χ0) is 17.5. The highest BCUT2D eigenvalue weighted by Gasteiger charge is 2.09. The highest BCUT2D eigenvalue weighted by Crippen LogP contribution is 2.19. The highest BCUT2D eigenvalue weighted by atomic mass is 35.5. The average molecular weight is 341 g/mol. The summed E-state index contributed by atoms with van der Waals surface area (Å²) in [5, 5.41) is 15.4. The van der Waals surface area contributed by atoms with Gasteiger partial charge in [-0.1, -0.05) is 29.8 Å². The number of nitrogens with two attached hydrogens (primary N) is 1. The lowest BCUT2D eigenvalue weighted by atomic mass is 10.2. The van der Waals surface area contributed by atoms with Crippen molar-refractivity contribution < 1.29 is 4.79 Å². The van der Waals surface area contributed by atoms with Gasteiger partial charge in [0.25, 0.3) is 5.91 Å². The molecular weight excluding hydrogens is 324 g/mol. The molecule has 0 bridgehead atoms. The molecule has 4 N–H and O–H groups in total. The summed E-state index contributed by atoms with van der Waals surface area (Å²) in [6, 6.07) is 14.5. The first-order valence-electron chi connectivity index (χ1n) is 7.25. The summed E-state index contributed by atoms with van der Waals surface area (Å²) in [6.45, 7) is 2.24. The van der Waals surface area contributed by atoms with Crippen LogP contribution in [0.15, 0.2) is 54.2 Å². The van der Waals surface area contributed by atoms with Gasteiger partial charge in [-0.15, -0.1) is 0 Å². The number of hydrogen-bond donors (Lipinski definition) is 3. The molecule has 0 radical (unpaired) electrons. The van der Waals surface area contributed by atoms with E-state index < -0.39 is 5.91 Å². The third-order valence-electron chi connectivity index (χ3n) is 3.31. The fraction of sp³-hybridized carbons (Fsp3) is 0.111. The molecule has 0 aliphatic carbocycles. The van der Waals surface area contributed by atoms with Gasteiger partial charge < -0.3 is 16.4 Å². The summed E-state index contributed by atoms with van der Waals surface area (Å²) < 4.78 is 0. The van der Waals surface area contributed by atoms with E-state index in [0.29, 0.717) is 22.9 Å². The summed E-state index contributed by atoms with van der Waals surface area (Å²) in [6.07, 6.45) is 1.35. The molecule has 0 fully saturated rings. The lowest BCUT2D eigenvalue weighted by molar-refractivity contribution is -0.117. The first-order chi connectivity index (χ1) is 11.5. The highest BCUT2D eigenvalue weighted by molar-refractivity contribution is 6.30. The Bertz CT molecular complexity index is 807. The number of carbonyl (C=O) groups is 1. The van der Waals surface area contributed by atoms with Crippen LogP contribution in [0.2, 0.25) is 5.02 Å². The van der Waals surface area contributed by atoms with Gasteiger partial charge in [-0.3, -0.25) is 4.79 Å². The monoisotopic (exact) mass is 340 g/mol. The zero-order valence-corrected chi connectivity index (χ0v) is 13.9. The van der Waals surface area contributed by atoms with Gasteiger partial charge in [0.05, 0.1) is 11.4 Å². The Labute approximate surface area is 145 Å². The van der Waals surface area contributed by atoms with Crippen molar-refractivity contribution in [1.29, 1.82) is 5.26 Å². The van der Waals surface area contributed by atoms with Gasteiger partial charge in [-0.05, 0) is 42.3 Å². The van der Waals surface area contributed by atoms with Crippen molar-refractivity contribution in [2.75, 3.05) is 11.1 Å². The Hall–Kier alpha value is -2.97. The molecule has 24 heavy (non-hydrogen) atoms. The maximum atomic E-state index is 12.1. The summed E-state index contributed by atoms with van der Waals surface area (Å²) >= 11 is 5.81. The summed E-state index contributed by atoms with van der Waals surface area (Å²) in [7, 11) is 0. The molecule has 122 valence electrons. The molecule has 0 aliphatic rings. The van der Waals surface area contributed by atoms with E-state index in [0.717, 1.165) is 11.1 Å². The lowest BCUT2D eigenvalue weighted by Crippen LogP contribution is -2.24. The Morgan fingerprint density at radius 2 is 2.00 bits per heavy atom. The molecule has 0 saturated carbocycles. The van der Waals surface area contributed by atoms with Gasteiger partial charge in [0.1, 0.15) is 11.6 Å². The molecule has 0 aliphatic heterocycles. The Kier molecular flexibility index (Phi) is 5.83. The predicted molar refractivity (Wildman–Crippen MR) is 96.2 cm³/mol. The summed E-state index contributed by atoms with van der Waals surface area (Å²) in [5.74, 6) is -0.467. The SMILES string of the molecule is Cc1ccc(N)c(N/C=C(/C#N)C(=O)NCc2ccc(Cl)cc2)c1. The second-order valence-corrected chi connectivity index (χ2v) is 5.65. The Morgan fingerprint density at radius 1 is 1.29 bits per heavy atom. The number of carbonyl (C=O) groups excluding carboxylic acids is 1. The molecule has 6 heteroatoms. The summed E-state index contributed by atoms with van der Waals surface area (Å²) in [4.78, 5) is 12.1. The number of nitrogen functional groups attached to an aromatic ring is 1. The number of anilines is 2. The van der Waals surface area contributed by atoms with Crippen LogP contribution in [-0.4, -0.2) is 5.91 Å². The number of benzene rings is 2. The molecule has 5 nitrogen and oxygen atoms in total. The molecule has 2 aromatic rings. The van der Waals surface area contributed by atoms with E-state index in [1.54, 1.807) is 18.2 Å². The fourth-order valence-electron chi connectivity index (χ4n) is 1.97. The smallest absolute Gasteiger partial charge is 0.263 e. The van der Waals surface area contributed by atoms with E-state index in [1.807, 2.05) is 37.3 Å². The number of amides is 1. The van der Waals surface area contributed by atoms with Gasteiger partial charge in [0, 0.05) is 17.8 Å². The molecule has 2 rings (SSSR count). The van der Waals surface area contributed by atoms with E-state index in [-0.39, 0.29) is 5.57 Å². The molecule has 2 aromatic carbocycles. The average Bonchev–Trinajstić information content (AvgIpc) is 2.58. The Morgan fingerprint density at radius 3 is 2.67 bits per heavy atom. The zero-order valence-electron chi connectivity index (χ0n) is 13.1. The van der Waals surface area contributed by atoms with Crippen LogP contribution in [0.4, 0.5) is 11.4 Å². The second kappa shape index (κ2) is 8.04. The molecule has 0 atom stereocenters. The van der Waals surface area contributed by atoms with Crippen LogP contribution < -0.4 is 16.4 Å². The van der Waals surface area contributed by atoms with E-state index in [4.69, 9.17) is 22.6 Å². The number of nitriles is 1. The number of rotatable bonds is 5. The molecule has 0 heterocycles. The van der Waals surface area contributed by atoms with Crippen molar-refractivity contribution in [1.82, 2.24) is 5.32 Å². The van der Waals surface area contributed by atoms with Crippen LogP contribution in [0.3, 0.4) is 0 Å².